The summed E-state index contributed by atoms with van der Waals surface area (Å²) in [6.07, 6.45) is 0.978. The van der Waals surface area contributed by atoms with Crippen molar-refractivity contribution in [2.24, 2.45) is 0 Å². The van der Waals surface area contributed by atoms with Crippen LogP contribution in [0.3, 0.4) is 0 Å². The number of fused-ring (bicyclic) bond motifs is 3. The van der Waals surface area contributed by atoms with Crippen molar-refractivity contribution in [3.8, 4) is 5.82 Å². The molecule has 0 aromatic carbocycles. The first-order valence-corrected chi connectivity index (χ1v) is 10.2. The average molecular weight is 493 g/mol. The summed E-state index contributed by atoms with van der Waals surface area (Å²) in [4.78, 5) is 22.5. The van der Waals surface area contributed by atoms with E-state index in [0.717, 1.165) is 16.3 Å². The number of pyridine rings is 1. The molecule has 176 valence electrons. The third-order valence-corrected chi connectivity index (χ3v) is 5.80. The Hall–Kier alpha value is -3.94. The molecule has 1 aliphatic rings. The van der Waals surface area contributed by atoms with Gasteiger partial charge in [-0.15, -0.1) is 5.10 Å². The van der Waals surface area contributed by atoms with Crippen LogP contribution in [0.15, 0.2) is 36.9 Å². The number of nitrogens with zero attached hydrogens (tertiary/aromatic N) is 8. The zero-order valence-electron chi connectivity index (χ0n) is 17.7. The van der Waals surface area contributed by atoms with Crippen LogP contribution >= 0.6 is 11.6 Å². The lowest BCUT2D eigenvalue weighted by molar-refractivity contribution is -0.181. The molecule has 2 N–H and O–H groups in total. The molecule has 0 saturated heterocycles. The van der Waals surface area contributed by atoms with Crippen molar-refractivity contribution in [1.82, 2.24) is 34.6 Å². The number of aromatic nitrogens is 7. The highest BCUT2D eigenvalue weighted by Crippen LogP contribution is 2.50. The van der Waals surface area contributed by atoms with Crippen molar-refractivity contribution in [2.45, 2.75) is 18.5 Å². The fraction of sp³-hybridized carbons (Fsp3) is 0.263. The van der Waals surface area contributed by atoms with Gasteiger partial charge in [0.1, 0.15) is 5.41 Å². The Kier molecular flexibility index (Phi) is 4.86. The molecule has 5 heterocycles. The molecule has 0 bridgehead atoms. The number of amides is 2. The van der Waals surface area contributed by atoms with Gasteiger partial charge in [-0.25, -0.2) is 24.0 Å². The van der Waals surface area contributed by atoms with E-state index in [1.54, 1.807) is 19.3 Å². The second kappa shape index (κ2) is 7.55. The maximum Gasteiger partial charge on any atom is 0.401 e. The number of anilines is 3. The lowest BCUT2D eigenvalue weighted by atomic mass is 9.88. The van der Waals surface area contributed by atoms with Crippen molar-refractivity contribution in [2.75, 3.05) is 29.1 Å². The number of hydrogen-bond donors (Lipinski definition) is 2. The molecule has 1 atom stereocenters. The molecule has 4 aromatic rings. The summed E-state index contributed by atoms with van der Waals surface area (Å²) in [5, 5.41) is 17.1. The highest BCUT2D eigenvalue weighted by molar-refractivity contribution is 6.29. The van der Waals surface area contributed by atoms with E-state index in [-0.39, 0.29) is 27.9 Å². The Morgan fingerprint density at radius 1 is 1.24 bits per heavy atom. The highest BCUT2D eigenvalue weighted by atomic mass is 35.5. The van der Waals surface area contributed by atoms with Crippen LogP contribution in [-0.2, 0) is 5.41 Å². The van der Waals surface area contributed by atoms with Gasteiger partial charge in [0.15, 0.2) is 16.6 Å². The summed E-state index contributed by atoms with van der Waals surface area (Å²) in [6.45, 7) is 0.348. The average Bonchev–Trinajstić information content (AvgIpc) is 3.50. The van der Waals surface area contributed by atoms with Gasteiger partial charge in [-0.05, 0) is 13.0 Å². The number of urea groups is 1. The van der Waals surface area contributed by atoms with Crippen LogP contribution in [0.1, 0.15) is 12.6 Å². The van der Waals surface area contributed by atoms with E-state index in [0.29, 0.717) is 11.5 Å². The van der Waals surface area contributed by atoms with Crippen molar-refractivity contribution >= 4 is 40.3 Å². The molecule has 0 aliphatic carbocycles. The topological polar surface area (TPSA) is 118 Å². The second-order valence-corrected chi connectivity index (χ2v) is 8.16. The molecule has 15 heteroatoms. The maximum atomic E-state index is 14.2. The molecule has 0 saturated carbocycles. The number of halogens is 4. The highest BCUT2D eigenvalue weighted by Gasteiger charge is 2.60. The molecule has 0 spiro atoms. The Balaban J connectivity index is 1.52. The molecule has 11 nitrogen and oxygen atoms in total. The number of hydrogen-bond acceptors (Lipinski definition) is 7. The molecule has 34 heavy (non-hydrogen) atoms. The van der Waals surface area contributed by atoms with Crippen LogP contribution in [-0.4, -0.2) is 60.4 Å². The number of alkyl halides is 3. The summed E-state index contributed by atoms with van der Waals surface area (Å²) >= 11 is 5.91. The van der Waals surface area contributed by atoms with Crippen LogP contribution in [0, 0.1) is 0 Å². The number of nitrogens with one attached hydrogen (secondary N) is 2. The van der Waals surface area contributed by atoms with Gasteiger partial charge in [0, 0.05) is 19.7 Å². The molecule has 4 aromatic heterocycles. The SMILES string of the molecule is CNc1cc(NC(=O)N2C[C@@](C)(C(F)(F)F)c3c2cnc2cc(Cl)nn32)cnc1-n1ccnn1. The first-order valence-electron chi connectivity index (χ1n) is 9.87. The minimum Gasteiger partial charge on any atom is -0.385 e. The van der Waals surface area contributed by atoms with E-state index < -0.39 is 24.2 Å². The van der Waals surface area contributed by atoms with Crippen LogP contribution in [0.4, 0.5) is 35.0 Å². The molecule has 2 amide bonds. The van der Waals surface area contributed by atoms with E-state index in [1.165, 1.54) is 29.3 Å². The van der Waals surface area contributed by atoms with Gasteiger partial charge < -0.3 is 10.6 Å². The third kappa shape index (κ3) is 3.29. The number of rotatable bonds is 3. The Bertz CT molecular complexity index is 1400. The predicted molar refractivity (Wildman–Crippen MR) is 116 cm³/mol. The summed E-state index contributed by atoms with van der Waals surface area (Å²) in [5.41, 5.74) is -1.72. The summed E-state index contributed by atoms with van der Waals surface area (Å²) in [5.74, 6) is 0.427. The number of carbonyl (C=O) groups is 1. The van der Waals surface area contributed by atoms with Gasteiger partial charge in [0.2, 0.25) is 0 Å². The standard InChI is InChI=1S/C19H16ClF3N10O/c1-18(19(21,22)23)9-31(12-8-25-14-6-13(20)29-33(14)15(12)18)17(34)28-10-5-11(24-2)16(26-7-10)32-4-3-27-30-32/h3-8,24H,9H2,1-2H3,(H,28,34)/t18-/m1/s1. The van der Waals surface area contributed by atoms with Gasteiger partial charge in [-0.1, -0.05) is 16.8 Å². The van der Waals surface area contributed by atoms with Crippen LogP contribution in [0.25, 0.3) is 11.5 Å². The van der Waals surface area contributed by atoms with Gasteiger partial charge in [0.25, 0.3) is 0 Å². The normalized spacial score (nSPS) is 17.8. The quantitative estimate of drug-likeness (QED) is 0.450. The molecule has 0 radical (unpaired) electrons. The molecule has 0 fully saturated rings. The lowest BCUT2D eigenvalue weighted by Crippen LogP contribution is -2.46. The Morgan fingerprint density at radius 2 is 2.03 bits per heavy atom. The first-order chi connectivity index (χ1) is 16.1. The van der Waals surface area contributed by atoms with E-state index >= 15 is 0 Å². The summed E-state index contributed by atoms with van der Waals surface area (Å²) in [6, 6.07) is 2.14. The van der Waals surface area contributed by atoms with Crippen LogP contribution in [0.2, 0.25) is 5.15 Å². The van der Waals surface area contributed by atoms with Gasteiger partial charge in [-0.2, -0.15) is 18.3 Å². The third-order valence-electron chi connectivity index (χ3n) is 5.62. The van der Waals surface area contributed by atoms with E-state index in [1.807, 2.05) is 0 Å². The fourth-order valence-corrected chi connectivity index (χ4v) is 4.07. The molecule has 1 aliphatic heterocycles. The van der Waals surface area contributed by atoms with Crippen molar-refractivity contribution in [3.63, 3.8) is 0 Å². The Morgan fingerprint density at radius 3 is 2.71 bits per heavy atom. The van der Waals surface area contributed by atoms with E-state index in [2.05, 4.69) is 36.0 Å². The van der Waals surface area contributed by atoms with Crippen molar-refractivity contribution < 1.29 is 18.0 Å². The number of carbonyl (C=O) groups excluding carboxylic acids is 1. The van der Waals surface area contributed by atoms with Gasteiger partial charge >= 0.3 is 12.2 Å². The predicted octanol–water partition coefficient (Wildman–Crippen LogP) is 3.27. The van der Waals surface area contributed by atoms with Crippen molar-refractivity contribution in [1.29, 1.82) is 0 Å². The lowest BCUT2D eigenvalue weighted by Gasteiger charge is -2.28. The minimum absolute atomic E-state index is 0.00790. The summed E-state index contributed by atoms with van der Waals surface area (Å²) < 4.78 is 45.1. The monoisotopic (exact) mass is 492 g/mol. The Labute approximate surface area is 194 Å². The molecular weight excluding hydrogens is 477 g/mol. The molecule has 5 rings (SSSR count). The van der Waals surface area contributed by atoms with Crippen molar-refractivity contribution in [3.05, 3.63) is 47.8 Å². The van der Waals surface area contributed by atoms with Gasteiger partial charge in [-0.3, -0.25) is 4.90 Å². The van der Waals surface area contributed by atoms with E-state index in [9.17, 15) is 18.0 Å². The zero-order chi connectivity index (χ0) is 24.3. The fourth-order valence-electron chi connectivity index (χ4n) is 3.90. The van der Waals surface area contributed by atoms with Gasteiger partial charge in [0.05, 0.1) is 47.5 Å². The van der Waals surface area contributed by atoms with Crippen LogP contribution < -0.4 is 15.5 Å². The zero-order valence-corrected chi connectivity index (χ0v) is 18.4. The summed E-state index contributed by atoms with van der Waals surface area (Å²) in [7, 11) is 1.65. The minimum atomic E-state index is -4.68. The maximum absolute atomic E-state index is 14.2. The smallest absolute Gasteiger partial charge is 0.385 e. The first kappa shape index (κ1) is 21.9. The largest absolute Gasteiger partial charge is 0.401 e. The molecular formula is C19H16ClF3N10O. The van der Waals surface area contributed by atoms with Crippen LogP contribution in [0.5, 0.6) is 0 Å². The van der Waals surface area contributed by atoms with E-state index in [4.69, 9.17) is 11.6 Å². The second-order valence-electron chi connectivity index (χ2n) is 7.77. The molecule has 0 unspecified atom stereocenters.